The number of carbonyl (C=O) groups is 1. The van der Waals surface area contributed by atoms with Crippen LogP contribution in [0, 0.1) is 5.41 Å². The van der Waals surface area contributed by atoms with E-state index in [9.17, 15) is 9.90 Å². The Hall–Kier alpha value is -1.87. The predicted molar refractivity (Wildman–Crippen MR) is 88.6 cm³/mol. The molecule has 22 heavy (non-hydrogen) atoms. The predicted octanol–water partition coefficient (Wildman–Crippen LogP) is 4.31. The zero-order valence-electron chi connectivity index (χ0n) is 13.3. The lowest BCUT2D eigenvalue weighted by atomic mass is 9.75. The average molecular weight is 300 g/mol. The van der Waals surface area contributed by atoms with Gasteiger partial charge in [-0.1, -0.05) is 55.5 Å². The van der Waals surface area contributed by atoms with Gasteiger partial charge in [0.1, 0.15) is 0 Å². The van der Waals surface area contributed by atoms with Crippen LogP contribution in [0.3, 0.4) is 0 Å². The summed E-state index contributed by atoms with van der Waals surface area (Å²) in [5.74, 6) is -0.779. The van der Waals surface area contributed by atoms with E-state index in [-0.39, 0.29) is 6.10 Å². The monoisotopic (exact) mass is 300 g/mol. The standard InChI is InChI=1S/C19H24O3/c1-3-13-22-15(2)14-19(18(20)21)11-9-17(10-12-19)16-7-5-4-6-8-16/h4-11,15H,3,12-14H2,1-2H3,(H,20,21). The number of rotatable bonds is 7. The summed E-state index contributed by atoms with van der Waals surface area (Å²) in [4.78, 5) is 11.8. The maximum absolute atomic E-state index is 11.8. The Morgan fingerprint density at radius 3 is 2.64 bits per heavy atom. The molecule has 0 bridgehead atoms. The van der Waals surface area contributed by atoms with Crippen LogP contribution in [0.4, 0.5) is 0 Å². The highest BCUT2D eigenvalue weighted by Crippen LogP contribution is 2.37. The summed E-state index contributed by atoms with van der Waals surface area (Å²) >= 11 is 0. The van der Waals surface area contributed by atoms with Crippen molar-refractivity contribution in [3.05, 3.63) is 54.1 Å². The van der Waals surface area contributed by atoms with Gasteiger partial charge in [0, 0.05) is 6.61 Å². The van der Waals surface area contributed by atoms with Crippen LogP contribution in [0.5, 0.6) is 0 Å². The molecule has 0 aromatic heterocycles. The molecule has 2 rings (SSSR count). The van der Waals surface area contributed by atoms with E-state index in [2.05, 4.69) is 6.92 Å². The number of hydrogen-bond donors (Lipinski definition) is 1. The first-order valence-electron chi connectivity index (χ1n) is 7.87. The molecule has 1 aliphatic carbocycles. The van der Waals surface area contributed by atoms with Crippen LogP contribution >= 0.6 is 0 Å². The van der Waals surface area contributed by atoms with E-state index >= 15 is 0 Å². The summed E-state index contributed by atoms with van der Waals surface area (Å²) in [5.41, 5.74) is 1.35. The van der Waals surface area contributed by atoms with Crippen LogP contribution in [0.2, 0.25) is 0 Å². The third-order valence-corrected chi connectivity index (χ3v) is 4.06. The van der Waals surface area contributed by atoms with Crippen molar-refractivity contribution < 1.29 is 14.6 Å². The maximum atomic E-state index is 11.8. The first-order chi connectivity index (χ1) is 10.6. The Bertz CT molecular complexity index is 559. The zero-order chi connectivity index (χ0) is 16.0. The number of benzene rings is 1. The van der Waals surface area contributed by atoms with Crippen molar-refractivity contribution in [3.63, 3.8) is 0 Å². The van der Waals surface area contributed by atoms with E-state index in [0.29, 0.717) is 19.4 Å². The highest BCUT2D eigenvalue weighted by molar-refractivity contribution is 5.83. The molecule has 0 spiro atoms. The molecule has 0 aliphatic heterocycles. The van der Waals surface area contributed by atoms with Gasteiger partial charge in [-0.05, 0) is 37.3 Å². The molecule has 1 aliphatic rings. The molecule has 3 heteroatoms. The highest BCUT2D eigenvalue weighted by Gasteiger charge is 2.38. The molecule has 1 N–H and O–H groups in total. The van der Waals surface area contributed by atoms with Crippen LogP contribution in [-0.2, 0) is 9.53 Å². The van der Waals surface area contributed by atoms with Gasteiger partial charge in [-0.25, -0.2) is 0 Å². The third kappa shape index (κ3) is 3.86. The summed E-state index contributed by atoms with van der Waals surface area (Å²) < 4.78 is 5.66. The zero-order valence-corrected chi connectivity index (χ0v) is 13.3. The molecule has 3 nitrogen and oxygen atoms in total. The van der Waals surface area contributed by atoms with E-state index in [1.807, 2.05) is 55.5 Å². The number of aliphatic carboxylic acids is 1. The van der Waals surface area contributed by atoms with Crippen LogP contribution in [0.15, 0.2) is 48.6 Å². The number of hydrogen-bond acceptors (Lipinski definition) is 2. The summed E-state index contributed by atoms with van der Waals surface area (Å²) in [7, 11) is 0. The van der Waals surface area contributed by atoms with Crippen molar-refractivity contribution in [2.45, 2.75) is 39.2 Å². The fraction of sp³-hybridized carbons (Fsp3) is 0.421. The van der Waals surface area contributed by atoms with Gasteiger partial charge in [0.25, 0.3) is 0 Å². The van der Waals surface area contributed by atoms with Crippen molar-refractivity contribution in [1.82, 2.24) is 0 Å². The van der Waals surface area contributed by atoms with Gasteiger partial charge in [0.15, 0.2) is 0 Å². The maximum Gasteiger partial charge on any atom is 0.313 e. The normalized spacial score (nSPS) is 22.2. The van der Waals surface area contributed by atoms with Crippen molar-refractivity contribution >= 4 is 11.5 Å². The molecule has 1 aromatic carbocycles. The number of ether oxygens (including phenoxy) is 1. The molecule has 0 saturated heterocycles. The minimum Gasteiger partial charge on any atom is -0.481 e. The number of allylic oxidation sites excluding steroid dienone is 3. The van der Waals surface area contributed by atoms with Crippen LogP contribution < -0.4 is 0 Å². The Morgan fingerprint density at radius 1 is 1.36 bits per heavy atom. The van der Waals surface area contributed by atoms with Gasteiger partial charge in [-0.2, -0.15) is 0 Å². The van der Waals surface area contributed by atoms with Crippen molar-refractivity contribution in [2.24, 2.45) is 5.41 Å². The van der Waals surface area contributed by atoms with Crippen molar-refractivity contribution in [2.75, 3.05) is 6.61 Å². The Balaban J connectivity index is 2.11. The molecule has 2 unspecified atom stereocenters. The van der Waals surface area contributed by atoms with Gasteiger partial charge in [0.2, 0.25) is 0 Å². The Labute approximate surface area is 132 Å². The van der Waals surface area contributed by atoms with Crippen LogP contribution in [-0.4, -0.2) is 23.8 Å². The molecule has 0 radical (unpaired) electrons. The van der Waals surface area contributed by atoms with Gasteiger partial charge in [-0.3, -0.25) is 4.79 Å². The molecular weight excluding hydrogens is 276 g/mol. The largest absolute Gasteiger partial charge is 0.481 e. The molecular formula is C19H24O3. The minimum atomic E-state index is -0.856. The van der Waals surface area contributed by atoms with Gasteiger partial charge < -0.3 is 9.84 Å². The van der Waals surface area contributed by atoms with E-state index in [1.54, 1.807) is 0 Å². The fourth-order valence-corrected chi connectivity index (χ4v) is 2.81. The van der Waals surface area contributed by atoms with Gasteiger partial charge >= 0.3 is 5.97 Å². The second-order valence-corrected chi connectivity index (χ2v) is 5.91. The lowest BCUT2D eigenvalue weighted by Gasteiger charge is -2.30. The molecule has 0 saturated carbocycles. The molecule has 0 heterocycles. The average Bonchev–Trinajstić information content (AvgIpc) is 2.54. The van der Waals surface area contributed by atoms with E-state index in [4.69, 9.17) is 4.74 Å². The van der Waals surface area contributed by atoms with Crippen LogP contribution in [0.1, 0.15) is 38.7 Å². The van der Waals surface area contributed by atoms with E-state index < -0.39 is 11.4 Å². The fourth-order valence-electron chi connectivity index (χ4n) is 2.81. The van der Waals surface area contributed by atoms with Crippen LogP contribution in [0.25, 0.3) is 5.57 Å². The van der Waals surface area contributed by atoms with E-state index in [0.717, 1.165) is 17.6 Å². The van der Waals surface area contributed by atoms with Crippen molar-refractivity contribution in [3.8, 4) is 0 Å². The number of carboxylic acid groups (broad SMARTS) is 1. The second-order valence-electron chi connectivity index (χ2n) is 5.91. The first-order valence-corrected chi connectivity index (χ1v) is 7.87. The summed E-state index contributed by atoms with van der Waals surface area (Å²) in [6.07, 6.45) is 7.67. The molecule has 1 aromatic rings. The first kappa shape index (κ1) is 16.5. The quantitative estimate of drug-likeness (QED) is 0.816. The second kappa shape index (κ2) is 7.41. The lowest BCUT2D eigenvalue weighted by Crippen LogP contribution is -2.34. The Morgan fingerprint density at radius 2 is 2.09 bits per heavy atom. The number of carboxylic acids is 1. The van der Waals surface area contributed by atoms with E-state index in [1.165, 1.54) is 0 Å². The summed E-state index contributed by atoms with van der Waals surface area (Å²) in [5, 5.41) is 9.68. The summed E-state index contributed by atoms with van der Waals surface area (Å²) in [6.45, 7) is 4.67. The molecule has 2 atom stereocenters. The third-order valence-electron chi connectivity index (χ3n) is 4.06. The van der Waals surface area contributed by atoms with Crippen molar-refractivity contribution in [1.29, 1.82) is 0 Å². The topological polar surface area (TPSA) is 46.5 Å². The SMILES string of the molecule is CCCOC(C)CC1(C(=O)O)C=CC(c2ccccc2)=CC1. The van der Waals surface area contributed by atoms with Gasteiger partial charge in [0.05, 0.1) is 11.5 Å². The Kier molecular flexibility index (Phi) is 5.56. The minimum absolute atomic E-state index is 0.0626. The lowest BCUT2D eigenvalue weighted by molar-refractivity contribution is -0.148. The molecule has 118 valence electrons. The molecule has 0 amide bonds. The molecule has 0 fully saturated rings. The highest BCUT2D eigenvalue weighted by atomic mass is 16.5. The summed E-state index contributed by atoms with van der Waals surface area (Å²) in [6, 6.07) is 10.0. The van der Waals surface area contributed by atoms with Gasteiger partial charge in [-0.15, -0.1) is 0 Å². The smallest absolute Gasteiger partial charge is 0.313 e.